The smallest absolute Gasteiger partial charge is 0.219 e. The van der Waals surface area contributed by atoms with Crippen LogP contribution in [0, 0.1) is 0 Å². The summed E-state index contributed by atoms with van der Waals surface area (Å²) in [6.07, 6.45) is 7.92. The van der Waals surface area contributed by atoms with Crippen molar-refractivity contribution < 1.29 is 19.0 Å². The summed E-state index contributed by atoms with van der Waals surface area (Å²) in [4.78, 5) is 25.0. The van der Waals surface area contributed by atoms with Crippen molar-refractivity contribution >= 4 is 5.91 Å². The van der Waals surface area contributed by atoms with Gasteiger partial charge in [-0.05, 0) is 69.0 Å². The Hall–Kier alpha value is -2.71. The predicted octanol–water partition coefficient (Wildman–Crippen LogP) is 3.47. The Labute approximate surface area is 208 Å². The first-order valence-electron chi connectivity index (χ1n) is 12.8. The topological polar surface area (TPSA) is 77.0 Å². The number of likely N-dealkylation sites (tertiary alicyclic amines) is 2. The fraction of sp³-hybridized carbons (Fsp3) is 0.593. The van der Waals surface area contributed by atoms with Gasteiger partial charge in [-0.25, -0.2) is 9.97 Å². The fourth-order valence-corrected chi connectivity index (χ4v) is 4.75. The summed E-state index contributed by atoms with van der Waals surface area (Å²) < 4.78 is 17.7. The number of carbonyl (C=O) groups is 1. The molecule has 1 aromatic heterocycles. The molecule has 1 aromatic carbocycles. The molecule has 0 saturated carbocycles. The summed E-state index contributed by atoms with van der Waals surface area (Å²) in [7, 11) is 1.67. The number of aromatic nitrogens is 2. The van der Waals surface area contributed by atoms with Crippen LogP contribution >= 0.6 is 0 Å². The third-order valence-electron chi connectivity index (χ3n) is 6.78. The fourth-order valence-electron chi connectivity index (χ4n) is 4.75. The van der Waals surface area contributed by atoms with Gasteiger partial charge in [0.1, 0.15) is 5.82 Å². The largest absolute Gasteiger partial charge is 0.493 e. The lowest BCUT2D eigenvalue weighted by Gasteiger charge is -2.31. The first-order chi connectivity index (χ1) is 17.1. The highest BCUT2D eigenvalue weighted by atomic mass is 16.5. The van der Waals surface area contributed by atoms with Gasteiger partial charge in [0.05, 0.1) is 32.1 Å². The SMILES string of the molecule is COc1ccc(Cc2nccc(COC3CCN(C(C)=O)CC3)n2)cc1OCCCN1CCCC1. The lowest BCUT2D eigenvalue weighted by molar-refractivity contribution is -0.131. The number of amides is 1. The maximum absolute atomic E-state index is 11.5. The minimum Gasteiger partial charge on any atom is -0.493 e. The second-order valence-corrected chi connectivity index (χ2v) is 9.39. The number of methoxy groups -OCH3 is 1. The van der Waals surface area contributed by atoms with Crippen LogP contribution in [-0.2, 0) is 22.6 Å². The van der Waals surface area contributed by atoms with Crippen molar-refractivity contribution in [2.24, 2.45) is 0 Å². The van der Waals surface area contributed by atoms with E-state index in [4.69, 9.17) is 19.2 Å². The molecule has 0 radical (unpaired) electrons. The van der Waals surface area contributed by atoms with Crippen LogP contribution in [-0.4, -0.2) is 78.2 Å². The van der Waals surface area contributed by atoms with Gasteiger partial charge in [0.15, 0.2) is 11.5 Å². The molecular weight excluding hydrogens is 444 g/mol. The molecule has 2 aromatic rings. The van der Waals surface area contributed by atoms with E-state index in [1.54, 1.807) is 20.2 Å². The highest BCUT2D eigenvalue weighted by molar-refractivity contribution is 5.73. The lowest BCUT2D eigenvalue weighted by atomic mass is 10.1. The van der Waals surface area contributed by atoms with Crippen molar-refractivity contribution in [2.45, 2.75) is 58.2 Å². The predicted molar refractivity (Wildman–Crippen MR) is 134 cm³/mol. The zero-order valence-corrected chi connectivity index (χ0v) is 21.1. The molecule has 35 heavy (non-hydrogen) atoms. The summed E-state index contributed by atoms with van der Waals surface area (Å²) in [6.45, 7) is 7.77. The van der Waals surface area contributed by atoms with E-state index in [2.05, 4.69) is 9.88 Å². The molecule has 190 valence electrons. The molecule has 2 fully saturated rings. The normalized spacial score (nSPS) is 17.0. The van der Waals surface area contributed by atoms with E-state index >= 15 is 0 Å². The average molecular weight is 483 g/mol. The minimum atomic E-state index is 0.137. The van der Waals surface area contributed by atoms with Gasteiger partial charge >= 0.3 is 0 Å². The Morgan fingerprint density at radius 3 is 2.63 bits per heavy atom. The number of hydrogen-bond donors (Lipinski definition) is 0. The van der Waals surface area contributed by atoms with Crippen molar-refractivity contribution in [1.82, 2.24) is 19.8 Å². The molecule has 8 nitrogen and oxygen atoms in total. The summed E-state index contributed by atoms with van der Waals surface area (Å²) in [6, 6.07) is 7.91. The van der Waals surface area contributed by atoms with Gasteiger partial charge in [0.2, 0.25) is 5.91 Å². The Morgan fingerprint density at radius 2 is 1.89 bits per heavy atom. The number of benzene rings is 1. The molecule has 8 heteroatoms. The number of ether oxygens (including phenoxy) is 3. The average Bonchev–Trinajstić information content (AvgIpc) is 3.40. The van der Waals surface area contributed by atoms with Crippen molar-refractivity contribution in [2.75, 3.05) is 46.4 Å². The van der Waals surface area contributed by atoms with Gasteiger partial charge < -0.3 is 24.0 Å². The van der Waals surface area contributed by atoms with Crippen molar-refractivity contribution in [3.05, 3.63) is 47.5 Å². The summed E-state index contributed by atoms with van der Waals surface area (Å²) in [5, 5.41) is 0. The number of rotatable bonds is 11. The number of carbonyl (C=O) groups excluding carboxylic acids is 1. The maximum atomic E-state index is 11.5. The highest BCUT2D eigenvalue weighted by Gasteiger charge is 2.21. The highest BCUT2D eigenvalue weighted by Crippen LogP contribution is 2.29. The van der Waals surface area contributed by atoms with Gasteiger partial charge in [-0.3, -0.25) is 4.79 Å². The lowest BCUT2D eigenvalue weighted by Crippen LogP contribution is -2.39. The number of hydrogen-bond acceptors (Lipinski definition) is 7. The summed E-state index contributed by atoms with van der Waals surface area (Å²) in [5.41, 5.74) is 1.95. The van der Waals surface area contributed by atoms with E-state index < -0.39 is 0 Å². The maximum Gasteiger partial charge on any atom is 0.219 e. The monoisotopic (exact) mass is 482 g/mol. The van der Waals surface area contributed by atoms with E-state index in [0.29, 0.717) is 19.6 Å². The first-order valence-corrected chi connectivity index (χ1v) is 12.8. The second kappa shape index (κ2) is 12.8. The zero-order valence-electron chi connectivity index (χ0n) is 21.1. The first kappa shape index (κ1) is 25.4. The molecule has 2 aliphatic heterocycles. The molecule has 4 rings (SSSR count). The summed E-state index contributed by atoms with van der Waals surface area (Å²) in [5.74, 6) is 2.40. The van der Waals surface area contributed by atoms with Crippen LogP contribution in [0.2, 0.25) is 0 Å². The van der Waals surface area contributed by atoms with Crippen LogP contribution in [0.15, 0.2) is 30.5 Å². The Balaban J connectivity index is 1.28. The molecule has 1 amide bonds. The molecule has 0 bridgehead atoms. The second-order valence-electron chi connectivity index (χ2n) is 9.39. The van der Waals surface area contributed by atoms with Crippen LogP contribution in [0.5, 0.6) is 11.5 Å². The molecule has 2 saturated heterocycles. The van der Waals surface area contributed by atoms with E-state index in [1.165, 1.54) is 25.9 Å². The Bertz CT molecular complexity index is 956. The molecule has 0 aliphatic carbocycles. The Kier molecular flexibility index (Phi) is 9.31. The van der Waals surface area contributed by atoms with E-state index in [9.17, 15) is 4.79 Å². The molecule has 0 spiro atoms. The van der Waals surface area contributed by atoms with E-state index in [0.717, 1.165) is 67.5 Å². The van der Waals surface area contributed by atoms with Gasteiger partial charge in [0, 0.05) is 39.2 Å². The van der Waals surface area contributed by atoms with Gasteiger partial charge in [-0.15, -0.1) is 0 Å². The Morgan fingerprint density at radius 1 is 1.09 bits per heavy atom. The van der Waals surface area contributed by atoms with Crippen LogP contribution in [0.4, 0.5) is 0 Å². The van der Waals surface area contributed by atoms with Crippen LogP contribution < -0.4 is 9.47 Å². The summed E-state index contributed by atoms with van der Waals surface area (Å²) >= 11 is 0. The number of nitrogens with zero attached hydrogens (tertiary/aromatic N) is 4. The van der Waals surface area contributed by atoms with E-state index in [-0.39, 0.29) is 12.0 Å². The number of piperidine rings is 1. The van der Waals surface area contributed by atoms with Crippen LogP contribution in [0.3, 0.4) is 0 Å². The molecular formula is C27H38N4O4. The third kappa shape index (κ3) is 7.64. The van der Waals surface area contributed by atoms with Crippen molar-refractivity contribution in [3.63, 3.8) is 0 Å². The molecule has 0 N–H and O–H groups in total. The molecule has 3 heterocycles. The van der Waals surface area contributed by atoms with Crippen LogP contribution in [0.1, 0.15) is 56.1 Å². The molecule has 0 atom stereocenters. The van der Waals surface area contributed by atoms with E-state index in [1.807, 2.05) is 29.2 Å². The van der Waals surface area contributed by atoms with Crippen molar-refractivity contribution in [3.8, 4) is 11.5 Å². The van der Waals surface area contributed by atoms with Crippen LogP contribution in [0.25, 0.3) is 0 Å². The quantitative estimate of drug-likeness (QED) is 0.454. The zero-order chi connectivity index (χ0) is 24.5. The minimum absolute atomic E-state index is 0.137. The van der Waals surface area contributed by atoms with Gasteiger partial charge in [-0.2, -0.15) is 0 Å². The molecule has 0 unspecified atom stereocenters. The van der Waals surface area contributed by atoms with Gasteiger partial charge in [0.25, 0.3) is 0 Å². The van der Waals surface area contributed by atoms with Crippen molar-refractivity contribution in [1.29, 1.82) is 0 Å². The third-order valence-corrected chi connectivity index (χ3v) is 6.78. The van der Waals surface area contributed by atoms with Gasteiger partial charge in [-0.1, -0.05) is 6.07 Å². The standard InChI is InChI=1S/C27H38N4O4/c1-21(32)31-15-9-24(10-16-31)35-20-23-8-11-28-27(29-23)19-22-6-7-25(33-2)26(18-22)34-17-5-14-30-12-3-4-13-30/h6-8,11,18,24H,3-5,9-10,12-17,19-20H2,1-2H3. The molecule has 2 aliphatic rings.